The first-order valence-electron chi connectivity index (χ1n) is 8.53. The minimum absolute atomic E-state index is 0.223. The van der Waals surface area contributed by atoms with Crippen molar-refractivity contribution in [3.8, 4) is 0 Å². The van der Waals surface area contributed by atoms with E-state index in [0.29, 0.717) is 24.0 Å². The molecule has 134 valence electrons. The molecule has 0 aliphatic carbocycles. The van der Waals surface area contributed by atoms with Gasteiger partial charge < -0.3 is 15.1 Å². The number of furan rings is 1. The van der Waals surface area contributed by atoms with Crippen molar-refractivity contribution in [2.75, 3.05) is 10.6 Å². The molecule has 0 saturated heterocycles. The number of amides is 1. The Balaban J connectivity index is 1.69. The van der Waals surface area contributed by atoms with Crippen LogP contribution in [0.4, 0.5) is 11.6 Å². The summed E-state index contributed by atoms with van der Waals surface area (Å²) in [5.41, 5.74) is 3.40. The molecule has 0 bridgehead atoms. The van der Waals surface area contributed by atoms with Gasteiger partial charge in [0.2, 0.25) is 5.95 Å². The highest BCUT2D eigenvalue weighted by atomic mass is 16.3. The van der Waals surface area contributed by atoms with Crippen molar-refractivity contribution in [1.29, 1.82) is 0 Å². The highest BCUT2D eigenvalue weighted by molar-refractivity contribution is 6.04. The van der Waals surface area contributed by atoms with E-state index >= 15 is 0 Å². The molecule has 3 aromatic rings. The number of aryl methyl sites for hydroxylation is 1. The van der Waals surface area contributed by atoms with Crippen LogP contribution in [0.15, 0.2) is 53.4 Å². The molecule has 2 aromatic heterocycles. The molecule has 0 saturated carbocycles. The van der Waals surface area contributed by atoms with Gasteiger partial charge in [-0.05, 0) is 36.1 Å². The number of anilines is 2. The fraction of sp³-hybridized carbons (Fsp3) is 0.250. The Hall–Kier alpha value is -3.15. The van der Waals surface area contributed by atoms with Crippen molar-refractivity contribution in [1.82, 2.24) is 9.97 Å². The molecule has 0 aliphatic rings. The number of rotatable bonds is 6. The van der Waals surface area contributed by atoms with Crippen molar-refractivity contribution >= 4 is 17.5 Å². The van der Waals surface area contributed by atoms with Gasteiger partial charge >= 0.3 is 0 Å². The van der Waals surface area contributed by atoms with Gasteiger partial charge in [-0.25, -0.2) is 9.97 Å². The lowest BCUT2D eigenvalue weighted by molar-refractivity contribution is 0.102. The Morgan fingerprint density at radius 2 is 1.92 bits per heavy atom. The maximum absolute atomic E-state index is 12.6. The van der Waals surface area contributed by atoms with E-state index in [2.05, 4.69) is 34.4 Å². The molecule has 0 radical (unpaired) electrons. The summed E-state index contributed by atoms with van der Waals surface area (Å²) in [4.78, 5) is 21.0. The van der Waals surface area contributed by atoms with Crippen LogP contribution in [-0.2, 0) is 6.54 Å². The van der Waals surface area contributed by atoms with Crippen LogP contribution in [0.3, 0.4) is 0 Å². The lowest BCUT2D eigenvalue weighted by Crippen LogP contribution is -2.16. The number of aromatic nitrogens is 2. The normalized spacial score (nSPS) is 10.8. The molecule has 1 amide bonds. The van der Waals surface area contributed by atoms with Gasteiger partial charge in [0, 0.05) is 18.1 Å². The number of para-hydroxylation sites is 1. The number of hydrogen-bond donors (Lipinski definition) is 2. The van der Waals surface area contributed by atoms with Crippen molar-refractivity contribution in [2.45, 2.75) is 33.2 Å². The Kier molecular flexibility index (Phi) is 5.31. The third kappa shape index (κ3) is 4.08. The van der Waals surface area contributed by atoms with E-state index in [9.17, 15) is 4.79 Å². The molecule has 1 aromatic carbocycles. The SMILES string of the molecule is Cc1cccc(C(C)C)c1NC(=O)c1cnc(NCc2ccco2)nc1. The monoisotopic (exact) mass is 350 g/mol. The number of benzene rings is 1. The maximum Gasteiger partial charge on any atom is 0.258 e. The van der Waals surface area contributed by atoms with Crippen molar-refractivity contribution in [2.24, 2.45) is 0 Å². The second-order valence-corrected chi connectivity index (χ2v) is 6.38. The summed E-state index contributed by atoms with van der Waals surface area (Å²) in [5, 5.41) is 6.04. The van der Waals surface area contributed by atoms with Crippen LogP contribution in [0.25, 0.3) is 0 Å². The predicted molar refractivity (Wildman–Crippen MR) is 101 cm³/mol. The van der Waals surface area contributed by atoms with E-state index < -0.39 is 0 Å². The van der Waals surface area contributed by atoms with Crippen LogP contribution in [-0.4, -0.2) is 15.9 Å². The zero-order valence-corrected chi connectivity index (χ0v) is 15.1. The van der Waals surface area contributed by atoms with Crippen LogP contribution in [0.1, 0.15) is 47.0 Å². The lowest BCUT2D eigenvalue weighted by Gasteiger charge is -2.16. The first-order valence-corrected chi connectivity index (χ1v) is 8.53. The molecule has 3 rings (SSSR count). The summed E-state index contributed by atoms with van der Waals surface area (Å²) in [6, 6.07) is 9.71. The number of carbonyl (C=O) groups excluding carboxylic acids is 1. The molecule has 2 N–H and O–H groups in total. The molecule has 26 heavy (non-hydrogen) atoms. The van der Waals surface area contributed by atoms with Gasteiger partial charge in [-0.15, -0.1) is 0 Å². The number of nitrogens with zero attached hydrogens (tertiary/aromatic N) is 2. The van der Waals surface area contributed by atoms with Gasteiger partial charge in [0.25, 0.3) is 5.91 Å². The Morgan fingerprint density at radius 3 is 2.58 bits per heavy atom. The number of carbonyl (C=O) groups is 1. The van der Waals surface area contributed by atoms with Crippen molar-refractivity contribution in [3.63, 3.8) is 0 Å². The zero-order chi connectivity index (χ0) is 18.5. The van der Waals surface area contributed by atoms with E-state index in [4.69, 9.17) is 4.42 Å². The summed E-state index contributed by atoms with van der Waals surface area (Å²) >= 11 is 0. The lowest BCUT2D eigenvalue weighted by atomic mass is 9.98. The molecule has 0 fully saturated rings. The number of hydrogen-bond acceptors (Lipinski definition) is 5. The fourth-order valence-corrected chi connectivity index (χ4v) is 2.64. The maximum atomic E-state index is 12.6. The van der Waals surface area contributed by atoms with Gasteiger partial charge in [0.15, 0.2) is 0 Å². The topological polar surface area (TPSA) is 80.0 Å². The second kappa shape index (κ2) is 7.82. The zero-order valence-electron chi connectivity index (χ0n) is 15.1. The Bertz CT molecular complexity index is 871. The van der Waals surface area contributed by atoms with Crippen LogP contribution in [0, 0.1) is 6.92 Å². The fourth-order valence-electron chi connectivity index (χ4n) is 2.64. The minimum atomic E-state index is -0.223. The molecule has 2 heterocycles. The average Bonchev–Trinajstić information content (AvgIpc) is 3.15. The minimum Gasteiger partial charge on any atom is -0.467 e. The first kappa shape index (κ1) is 17.7. The van der Waals surface area contributed by atoms with Gasteiger partial charge in [-0.2, -0.15) is 0 Å². The van der Waals surface area contributed by atoms with Crippen molar-refractivity contribution < 1.29 is 9.21 Å². The van der Waals surface area contributed by atoms with E-state index in [1.165, 1.54) is 12.4 Å². The molecular formula is C20H22N4O2. The molecule has 0 atom stereocenters. The Morgan fingerprint density at radius 1 is 1.15 bits per heavy atom. The van der Waals surface area contributed by atoms with Crippen LogP contribution in [0.5, 0.6) is 0 Å². The van der Waals surface area contributed by atoms with Crippen LogP contribution >= 0.6 is 0 Å². The molecule has 0 aliphatic heterocycles. The van der Waals surface area contributed by atoms with Gasteiger partial charge in [0.1, 0.15) is 5.76 Å². The molecule has 0 spiro atoms. The molecular weight excluding hydrogens is 328 g/mol. The van der Waals surface area contributed by atoms with Crippen LogP contribution < -0.4 is 10.6 Å². The summed E-state index contributed by atoms with van der Waals surface area (Å²) < 4.78 is 5.24. The number of nitrogens with one attached hydrogen (secondary N) is 2. The van der Waals surface area contributed by atoms with E-state index in [1.54, 1.807) is 6.26 Å². The van der Waals surface area contributed by atoms with Crippen molar-refractivity contribution in [3.05, 3.63) is 71.4 Å². The summed E-state index contributed by atoms with van der Waals surface area (Å²) in [5.74, 6) is 1.32. The quantitative estimate of drug-likeness (QED) is 0.690. The van der Waals surface area contributed by atoms with E-state index in [1.807, 2.05) is 37.3 Å². The van der Waals surface area contributed by atoms with Gasteiger partial charge in [-0.1, -0.05) is 32.0 Å². The summed E-state index contributed by atoms with van der Waals surface area (Å²) in [7, 11) is 0. The van der Waals surface area contributed by atoms with Crippen LogP contribution in [0.2, 0.25) is 0 Å². The highest BCUT2D eigenvalue weighted by Gasteiger charge is 2.14. The second-order valence-electron chi connectivity index (χ2n) is 6.38. The molecule has 0 unspecified atom stereocenters. The summed E-state index contributed by atoms with van der Waals surface area (Å²) in [6.45, 7) is 6.68. The smallest absolute Gasteiger partial charge is 0.258 e. The third-order valence-corrected chi connectivity index (χ3v) is 4.08. The van der Waals surface area contributed by atoms with Gasteiger partial charge in [-0.3, -0.25) is 4.79 Å². The highest BCUT2D eigenvalue weighted by Crippen LogP contribution is 2.27. The summed E-state index contributed by atoms with van der Waals surface area (Å²) in [6.07, 6.45) is 4.64. The van der Waals surface area contributed by atoms with Gasteiger partial charge in [0.05, 0.1) is 18.4 Å². The van der Waals surface area contributed by atoms with E-state index in [0.717, 1.165) is 22.6 Å². The average molecular weight is 350 g/mol. The predicted octanol–water partition coefficient (Wildman–Crippen LogP) is 4.37. The molecule has 6 nitrogen and oxygen atoms in total. The Labute approximate surface area is 152 Å². The third-order valence-electron chi connectivity index (χ3n) is 4.08. The molecule has 6 heteroatoms. The largest absolute Gasteiger partial charge is 0.467 e. The first-order chi connectivity index (χ1) is 12.5. The standard InChI is InChI=1S/C20H22N4O2/c1-13(2)17-8-4-6-14(3)18(17)24-19(25)15-10-21-20(22-11-15)23-12-16-7-5-9-26-16/h4-11,13H,12H2,1-3H3,(H,24,25)(H,21,22,23). The van der Waals surface area contributed by atoms with E-state index in [-0.39, 0.29) is 5.91 Å².